The molecule has 2 unspecified atom stereocenters. The molecule has 35 heavy (non-hydrogen) atoms. The van der Waals surface area contributed by atoms with Gasteiger partial charge in [0.25, 0.3) is 5.91 Å². The maximum absolute atomic E-state index is 14.4. The fourth-order valence-electron chi connectivity index (χ4n) is 6.19. The zero-order valence-corrected chi connectivity index (χ0v) is 21.2. The molecule has 9 heteroatoms. The van der Waals surface area contributed by atoms with Gasteiger partial charge in [-0.05, 0) is 43.0 Å². The fraction of sp³-hybridized carbons (Fsp3) is 0.577. The normalized spacial score (nSPS) is 30.6. The molecule has 190 valence electrons. The molecule has 3 fully saturated rings. The number of carboxylic acid groups (broad SMARTS) is 1. The lowest BCUT2D eigenvalue weighted by Crippen LogP contribution is -2.58. The van der Waals surface area contributed by atoms with Crippen LogP contribution in [0.1, 0.15) is 33.1 Å². The van der Waals surface area contributed by atoms with Crippen LogP contribution >= 0.6 is 11.8 Å². The number of hydrogen-bond acceptors (Lipinski definition) is 6. The number of carbonyl (C=O) groups excluding carboxylic acids is 2. The number of likely N-dealkylation sites (tertiary alicyclic amines) is 1. The van der Waals surface area contributed by atoms with Crippen molar-refractivity contribution in [2.75, 3.05) is 25.2 Å². The van der Waals surface area contributed by atoms with Gasteiger partial charge in [-0.15, -0.1) is 18.3 Å². The van der Waals surface area contributed by atoms with Crippen LogP contribution in [0.2, 0.25) is 0 Å². The number of aliphatic hydroxyl groups is 1. The van der Waals surface area contributed by atoms with E-state index in [2.05, 4.69) is 6.58 Å². The zero-order valence-electron chi connectivity index (χ0n) is 20.4. The minimum absolute atomic E-state index is 0.0613. The Hall–Kier alpha value is -2.52. The third-order valence-electron chi connectivity index (χ3n) is 8.06. The standard InChI is InChI=1S/C26H34N2O6S/c1-5-13-27(16-7-9-17(34-4)10-8-16)24(31)22-26-12-11-19(35-26)20(25(32)33)21(26)23(30)28(22)18(14-29)15(3)6-2/h5,7-10,15,18-22,29H,1,6,11-14H2,2-4H3,(H,32,33)/t15-,18-,19+,20-,21-,22?,26?/m0/s1. The number of carboxylic acids is 1. The van der Waals surface area contributed by atoms with E-state index < -0.39 is 34.6 Å². The van der Waals surface area contributed by atoms with Gasteiger partial charge in [0.15, 0.2) is 0 Å². The van der Waals surface area contributed by atoms with Gasteiger partial charge in [0.1, 0.15) is 11.8 Å². The number of hydrogen-bond donors (Lipinski definition) is 2. The SMILES string of the molecule is C=CCN(C(=O)C1N([C@@H](CO)[C@@H](C)CC)C(=O)[C@@H]2[C@@H](C(=O)O)[C@H]3CCC12S3)c1ccc(OC)cc1. The number of carbonyl (C=O) groups is 3. The summed E-state index contributed by atoms with van der Waals surface area (Å²) in [4.78, 5) is 43.7. The summed E-state index contributed by atoms with van der Waals surface area (Å²) in [5, 5.41) is 20.2. The van der Waals surface area contributed by atoms with Crippen molar-refractivity contribution < 1.29 is 29.3 Å². The summed E-state index contributed by atoms with van der Waals surface area (Å²) in [7, 11) is 1.57. The van der Waals surface area contributed by atoms with Crippen LogP contribution in [0.15, 0.2) is 36.9 Å². The van der Waals surface area contributed by atoms with Gasteiger partial charge >= 0.3 is 5.97 Å². The van der Waals surface area contributed by atoms with Crippen LogP contribution in [0.4, 0.5) is 5.69 Å². The summed E-state index contributed by atoms with van der Waals surface area (Å²) in [6.45, 7) is 7.69. The van der Waals surface area contributed by atoms with Crippen molar-refractivity contribution in [3.8, 4) is 5.75 Å². The maximum atomic E-state index is 14.4. The molecule has 7 atom stereocenters. The first-order valence-electron chi connectivity index (χ1n) is 12.2. The Balaban J connectivity index is 1.83. The zero-order chi connectivity index (χ0) is 25.5. The molecule has 2 amide bonds. The largest absolute Gasteiger partial charge is 0.497 e. The first kappa shape index (κ1) is 25.6. The first-order valence-corrected chi connectivity index (χ1v) is 13.0. The molecule has 8 nitrogen and oxygen atoms in total. The summed E-state index contributed by atoms with van der Waals surface area (Å²) in [5.74, 6) is -2.59. The molecule has 2 bridgehead atoms. The van der Waals surface area contributed by atoms with E-state index in [0.29, 0.717) is 30.7 Å². The maximum Gasteiger partial charge on any atom is 0.308 e. The van der Waals surface area contributed by atoms with Crippen LogP contribution < -0.4 is 9.64 Å². The minimum atomic E-state index is -0.988. The highest BCUT2D eigenvalue weighted by atomic mass is 32.2. The number of anilines is 1. The number of ether oxygens (including phenoxy) is 1. The average molecular weight is 503 g/mol. The molecule has 4 rings (SSSR count). The van der Waals surface area contributed by atoms with E-state index in [1.807, 2.05) is 13.8 Å². The Morgan fingerprint density at radius 2 is 2.06 bits per heavy atom. The molecule has 3 heterocycles. The van der Waals surface area contributed by atoms with Crippen LogP contribution in [0.25, 0.3) is 0 Å². The highest BCUT2D eigenvalue weighted by Crippen LogP contribution is 2.67. The van der Waals surface area contributed by atoms with Gasteiger partial charge in [0.2, 0.25) is 5.91 Å². The third kappa shape index (κ3) is 3.93. The number of aliphatic carboxylic acids is 1. The Morgan fingerprint density at radius 1 is 1.37 bits per heavy atom. The number of amides is 2. The van der Waals surface area contributed by atoms with E-state index in [4.69, 9.17) is 4.74 Å². The Morgan fingerprint density at radius 3 is 2.60 bits per heavy atom. The molecule has 0 saturated carbocycles. The molecule has 1 aromatic rings. The van der Waals surface area contributed by atoms with Crippen molar-refractivity contribution in [3.63, 3.8) is 0 Å². The number of nitrogens with zero attached hydrogens (tertiary/aromatic N) is 2. The minimum Gasteiger partial charge on any atom is -0.497 e. The number of thioether (sulfide) groups is 1. The van der Waals surface area contributed by atoms with Crippen molar-refractivity contribution in [2.45, 2.75) is 55.2 Å². The van der Waals surface area contributed by atoms with Crippen LogP contribution in [0.3, 0.4) is 0 Å². The third-order valence-corrected chi connectivity index (χ3v) is 10.0. The number of fused-ring (bicyclic) bond motifs is 1. The molecule has 0 aromatic heterocycles. The van der Waals surface area contributed by atoms with Gasteiger partial charge in [-0.2, -0.15) is 0 Å². The molecule has 1 aromatic carbocycles. The predicted molar refractivity (Wildman–Crippen MR) is 134 cm³/mol. The highest BCUT2D eigenvalue weighted by Gasteiger charge is 2.74. The summed E-state index contributed by atoms with van der Waals surface area (Å²) < 4.78 is 4.43. The smallest absolute Gasteiger partial charge is 0.308 e. The van der Waals surface area contributed by atoms with Crippen molar-refractivity contribution in [3.05, 3.63) is 36.9 Å². The van der Waals surface area contributed by atoms with E-state index >= 15 is 0 Å². The number of aliphatic hydroxyl groups excluding tert-OH is 1. The van der Waals surface area contributed by atoms with E-state index in [0.717, 1.165) is 0 Å². The van der Waals surface area contributed by atoms with Gasteiger partial charge in [0, 0.05) is 17.5 Å². The fourth-order valence-corrected chi connectivity index (χ4v) is 8.38. The average Bonchev–Trinajstić information content (AvgIpc) is 3.50. The monoisotopic (exact) mass is 502 g/mol. The number of benzene rings is 1. The van der Waals surface area contributed by atoms with Crippen molar-refractivity contribution in [1.29, 1.82) is 0 Å². The molecule has 0 aliphatic carbocycles. The summed E-state index contributed by atoms with van der Waals surface area (Å²) >= 11 is 1.50. The van der Waals surface area contributed by atoms with Crippen LogP contribution in [0, 0.1) is 17.8 Å². The lowest BCUT2D eigenvalue weighted by molar-refractivity contribution is -0.149. The number of rotatable bonds is 10. The van der Waals surface area contributed by atoms with Crippen molar-refractivity contribution >= 4 is 35.2 Å². The lowest BCUT2D eigenvalue weighted by Gasteiger charge is -2.41. The molecule has 0 radical (unpaired) electrons. The van der Waals surface area contributed by atoms with E-state index in [1.54, 1.807) is 47.3 Å². The Bertz CT molecular complexity index is 1000. The van der Waals surface area contributed by atoms with E-state index in [9.17, 15) is 24.6 Å². The van der Waals surface area contributed by atoms with Gasteiger partial charge in [-0.1, -0.05) is 26.3 Å². The van der Waals surface area contributed by atoms with E-state index in [1.165, 1.54) is 11.8 Å². The summed E-state index contributed by atoms with van der Waals surface area (Å²) in [6.07, 6.45) is 3.59. The molecule has 3 saturated heterocycles. The molecule has 2 N–H and O–H groups in total. The summed E-state index contributed by atoms with van der Waals surface area (Å²) in [5.41, 5.74) is 0.638. The number of methoxy groups -OCH3 is 1. The van der Waals surface area contributed by atoms with Gasteiger partial charge in [-0.3, -0.25) is 14.4 Å². The van der Waals surface area contributed by atoms with Gasteiger partial charge < -0.3 is 24.7 Å². The van der Waals surface area contributed by atoms with Gasteiger partial charge in [-0.25, -0.2) is 0 Å². The van der Waals surface area contributed by atoms with Crippen LogP contribution in [0.5, 0.6) is 5.75 Å². The van der Waals surface area contributed by atoms with Crippen molar-refractivity contribution in [2.24, 2.45) is 17.8 Å². The van der Waals surface area contributed by atoms with E-state index in [-0.39, 0.29) is 36.1 Å². The second kappa shape index (κ2) is 9.85. The Labute approximate surface area is 210 Å². The molecule has 1 spiro atoms. The first-order chi connectivity index (χ1) is 16.7. The molecular weight excluding hydrogens is 468 g/mol. The molecule has 3 aliphatic heterocycles. The molecular formula is C26H34N2O6S. The topological polar surface area (TPSA) is 107 Å². The van der Waals surface area contributed by atoms with Crippen LogP contribution in [-0.4, -0.2) is 75.2 Å². The quantitative estimate of drug-likeness (QED) is 0.474. The molecule has 3 aliphatic rings. The van der Waals surface area contributed by atoms with Crippen molar-refractivity contribution in [1.82, 2.24) is 4.90 Å². The highest BCUT2D eigenvalue weighted by molar-refractivity contribution is 8.02. The predicted octanol–water partition coefficient (Wildman–Crippen LogP) is 2.80. The lowest BCUT2D eigenvalue weighted by atomic mass is 9.71. The van der Waals surface area contributed by atoms with Gasteiger partial charge in [0.05, 0.1) is 36.3 Å². The van der Waals surface area contributed by atoms with Crippen LogP contribution in [-0.2, 0) is 14.4 Å². The summed E-state index contributed by atoms with van der Waals surface area (Å²) in [6, 6.07) is 5.67. The Kier molecular flexibility index (Phi) is 7.20. The second-order valence-corrected chi connectivity index (χ2v) is 11.3. The second-order valence-electron chi connectivity index (χ2n) is 9.71.